The maximum absolute atomic E-state index is 14.9. The monoisotopic (exact) mass is 713 g/mol. The molecule has 2 aliphatic carbocycles. The van der Waals surface area contributed by atoms with Gasteiger partial charge in [0.05, 0.1) is 35.2 Å². The number of phenolic OH excluding ortho intramolecular Hbond substituents is 1. The number of aromatic nitrogens is 2. The van der Waals surface area contributed by atoms with Crippen LogP contribution in [0.2, 0.25) is 5.02 Å². The summed E-state index contributed by atoms with van der Waals surface area (Å²) < 4.78 is 7.97. The largest absolute Gasteiger partial charge is 0.504 e. The third-order valence-corrected chi connectivity index (χ3v) is 12.8. The Morgan fingerprint density at radius 3 is 2.56 bits per heavy atom. The number of aryl methyl sites for hydroxylation is 2. The van der Waals surface area contributed by atoms with E-state index in [0.29, 0.717) is 27.0 Å². The molecule has 12 nitrogen and oxygen atoms in total. The highest BCUT2D eigenvalue weighted by atomic mass is 35.5. The van der Waals surface area contributed by atoms with Crippen molar-refractivity contribution in [3.63, 3.8) is 0 Å². The van der Waals surface area contributed by atoms with Crippen LogP contribution in [0.1, 0.15) is 36.8 Å². The second-order valence-corrected chi connectivity index (χ2v) is 15.1. The second kappa shape index (κ2) is 11.0. The van der Waals surface area contributed by atoms with E-state index in [1.54, 1.807) is 32.2 Å². The van der Waals surface area contributed by atoms with Gasteiger partial charge < -0.3 is 15.6 Å². The van der Waals surface area contributed by atoms with Gasteiger partial charge in [-0.3, -0.25) is 23.9 Å². The summed E-state index contributed by atoms with van der Waals surface area (Å²) in [5.74, 6) is -5.89. The Bertz CT molecular complexity index is 2260. The topological polar surface area (TPSA) is 165 Å². The number of primary amides is 1. The second-order valence-electron chi connectivity index (χ2n) is 13.7. The molecule has 3 fully saturated rings. The third-order valence-electron chi connectivity index (χ3n) is 11.2. The van der Waals surface area contributed by atoms with E-state index in [1.807, 2.05) is 31.2 Å². The quantitative estimate of drug-likeness (QED) is 0.213. The lowest BCUT2D eigenvalue weighted by Gasteiger charge is -2.49. The molecule has 2 saturated heterocycles. The van der Waals surface area contributed by atoms with Crippen molar-refractivity contribution in [1.29, 1.82) is 0 Å². The fourth-order valence-electron chi connectivity index (χ4n) is 8.92. The smallest absolute Gasteiger partial charge is 0.328 e. The molecule has 6 atom stereocenters. The Morgan fingerprint density at radius 1 is 1.08 bits per heavy atom. The fraction of sp³-hybridized carbons (Fsp3) is 0.333. The van der Waals surface area contributed by atoms with Gasteiger partial charge in [0.25, 0.3) is 0 Å². The maximum atomic E-state index is 14.9. The molecule has 4 heterocycles. The Morgan fingerprint density at radius 2 is 1.84 bits per heavy atom. The number of rotatable bonds is 4. The summed E-state index contributed by atoms with van der Waals surface area (Å²) in [5, 5.41) is 16.8. The van der Waals surface area contributed by atoms with Crippen molar-refractivity contribution in [3.05, 3.63) is 70.3 Å². The van der Waals surface area contributed by atoms with Crippen molar-refractivity contribution < 1.29 is 33.8 Å². The number of anilines is 1. The van der Waals surface area contributed by atoms with Gasteiger partial charge in [0.15, 0.2) is 11.5 Å². The number of halogens is 1. The molecule has 14 heteroatoms. The van der Waals surface area contributed by atoms with Crippen LogP contribution in [0.5, 0.6) is 11.5 Å². The number of fused-ring (bicyclic) bond motifs is 5. The average Bonchev–Trinajstić information content (AvgIpc) is 3.75. The highest BCUT2D eigenvalue weighted by Crippen LogP contribution is 2.64. The molecule has 6 amide bonds. The minimum Gasteiger partial charge on any atom is -0.504 e. The van der Waals surface area contributed by atoms with Crippen LogP contribution in [-0.2, 0) is 26.2 Å². The van der Waals surface area contributed by atoms with E-state index in [2.05, 4.69) is 0 Å². The zero-order valence-electron chi connectivity index (χ0n) is 27.5. The first kappa shape index (κ1) is 32.2. The molecule has 4 aromatic rings. The summed E-state index contributed by atoms with van der Waals surface area (Å²) in [7, 11) is 3.09. The minimum atomic E-state index is -1.34. The molecule has 50 heavy (non-hydrogen) atoms. The molecule has 2 aliphatic heterocycles. The predicted molar refractivity (Wildman–Crippen MR) is 184 cm³/mol. The van der Waals surface area contributed by atoms with Crippen LogP contribution in [-0.4, -0.2) is 56.6 Å². The number of methoxy groups -OCH3 is 1. The molecular weight excluding hydrogens is 682 g/mol. The van der Waals surface area contributed by atoms with Crippen LogP contribution >= 0.6 is 22.9 Å². The Hall–Kier alpha value is -5.01. The maximum Gasteiger partial charge on any atom is 0.328 e. The van der Waals surface area contributed by atoms with Crippen LogP contribution in [0, 0.1) is 36.0 Å². The lowest BCUT2D eigenvalue weighted by Crippen LogP contribution is -2.49. The summed E-state index contributed by atoms with van der Waals surface area (Å²) >= 11 is 7.82. The summed E-state index contributed by atoms with van der Waals surface area (Å²) in [6.07, 6.45) is 2.13. The number of ether oxygens (including phenoxy) is 1. The number of amides is 6. The van der Waals surface area contributed by atoms with E-state index in [4.69, 9.17) is 27.2 Å². The Balaban J connectivity index is 1.26. The van der Waals surface area contributed by atoms with Crippen molar-refractivity contribution in [2.45, 2.75) is 32.6 Å². The molecule has 2 aromatic carbocycles. The number of nitrogens with two attached hydrogens (primary N) is 1. The number of benzene rings is 2. The van der Waals surface area contributed by atoms with Crippen LogP contribution < -0.4 is 15.4 Å². The van der Waals surface area contributed by atoms with E-state index < -0.39 is 64.7 Å². The molecule has 2 aromatic heterocycles. The number of likely N-dealkylation sites (tertiary alicyclic amines) is 1. The van der Waals surface area contributed by atoms with Crippen molar-refractivity contribution in [3.8, 4) is 22.1 Å². The van der Waals surface area contributed by atoms with Gasteiger partial charge in [-0.05, 0) is 79.5 Å². The van der Waals surface area contributed by atoms with Gasteiger partial charge in [-0.1, -0.05) is 29.3 Å². The number of aromatic hydroxyl groups is 1. The first-order chi connectivity index (χ1) is 23.8. The molecular formula is C36H32ClN5O7S. The number of imide groups is 4. The normalized spacial score (nSPS) is 27.5. The predicted octanol–water partition coefficient (Wildman–Crippen LogP) is 5.29. The average molecular weight is 714 g/mol. The van der Waals surface area contributed by atoms with E-state index in [0.717, 1.165) is 26.1 Å². The van der Waals surface area contributed by atoms with Gasteiger partial charge in [0, 0.05) is 28.8 Å². The van der Waals surface area contributed by atoms with Crippen molar-refractivity contribution >= 4 is 68.5 Å². The number of nitrogens with zero attached hydrogens (tertiary/aromatic N) is 4. The molecule has 3 N–H and O–H groups in total. The zero-order chi connectivity index (χ0) is 35.5. The molecule has 1 saturated carbocycles. The zero-order valence-corrected chi connectivity index (χ0v) is 29.0. The first-order valence-corrected chi connectivity index (χ1v) is 17.3. The van der Waals surface area contributed by atoms with Gasteiger partial charge in [0.1, 0.15) is 11.5 Å². The lowest BCUT2D eigenvalue weighted by atomic mass is 9.51. The minimum absolute atomic E-state index is 0.100. The number of allylic oxidation sites excluding steroid dienone is 2. The van der Waals surface area contributed by atoms with Crippen molar-refractivity contribution in [2.24, 2.45) is 41.9 Å². The molecule has 0 bridgehead atoms. The van der Waals surface area contributed by atoms with Gasteiger partial charge >= 0.3 is 6.03 Å². The molecule has 256 valence electrons. The van der Waals surface area contributed by atoms with E-state index >= 15 is 0 Å². The van der Waals surface area contributed by atoms with E-state index in [1.165, 1.54) is 34.1 Å². The third kappa shape index (κ3) is 4.22. The van der Waals surface area contributed by atoms with Crippen molar-refractivity contribution in [2.75, 3.05) is 12.0 Å². The van der Waals surface area contributed by atoms with Gasteiger partial charge in [-0.25, -0.2) is 9.69 Å². The number of carbonyl (C=O) groups is 5. The SMILES string of the molecule is COc1cc(C2C3=CCC4C(=O)N(C(N)=O)C(=O)C4C3CC3C(=O)N(c4cc(-c5sc6ccc(Cl)cc6c5C)nn4C)C(=O)C32C)ccc1O. The summed E-state index contributed by atoms with van der Waals surface area (Å²) in [4.78, 5) is 71.3. The highest BCUT2D eigenvalue weighted by molar-refractivity contribution is 7.22. The van der Waals surface area contributed by atoms with Crippen LogP contribution in [0.3, 0.4) is 0 Å². The number of hydrogen-bond donors (Lipinski definition) is 2. The number of carbonyl (C=O) groups excluding carboxylic acids is 5. The number of thiophene rings is 1. The number of urea groups is 1. The van der Waals surface area contributed by atoms with Crippen molar-refractivity contribution in [1.82, 2.24) is 14.7 Å². The molecule has 4 aliphatic rings. The summed E-state index contributed by atoms with van der Waals surface area (Å²) in [6.45, 7) is 3.74. The molecule has 0 radical (unpaired) electrons. The fourth-order valence-corrected chi connectivity index (χ4v) is 10.2. The molecule has 6 unspecified atom stereocenters. The highest BCUT2D eigenvalue weighted by Gasteiger charge is 2.68. The molecule has 8 rings (SSSR count). The molecule has 0 spiro atoms. The van der Waals surface area contributed by atoms with Crippen LogP contribution in [0.4, 0.5) is 10.6 Å². The van der Waals surface area contributed by atoms with Crippen LogP contribution in [0.15, 0.2) is 54.1 Å². The standard InChI is InChI=1S/C36H32ClN5O7S/c1-15-20-12-17(37)6-10-26(20)50-30(15)23-14-27(40(3)39-23)41-32(45)22-13-21-18(7-8-19-28(21)33(46)42(31(19)44)35(38)48)29(36(22,2)34(41)47)16-5-9-24(43)25(11-16)49-4/h5-7,9-12,14,19,21-22,28-29,43H,8,13H2,1-4H3,(H2,38,48). The van der Waals surface area contributed by atoms with Gasteiger partial charge in [0.2, 0.25) is 23.6 Å². The Kier molecular flexibility index (Phi) is 7.08. The Labute approximate surface area is 295 Å². The number of phenols is 1. The van der Waals surface area contributed by atoms with Crippen LogP contribution in [0.25, 0.3) is 20.7 Å². The lowest BCUT2D eigenvalue weighted by molar-refractivity contribution is -0.136. The van der Waals surface area contributed by atoms with E-state index in [9.17, 15) is 29.1 Å². The summed E-state index contributed by atoms with van der Waals surface area (Å²) in [5.41, 5.74) is 7.02. The van der Waals surface area contributed by atoms with Gasteiger partial charge in [-0.15, -0.1) is 11.3 Å². The van der Waals surface area contributed by atoms with E-state index in [-0.39, 0.29) is 24.3 Å². The summed E-state index contributed by atoms with van der Waals surface area (Å²) in [6, 6.07) is 11.0. The first-order valence-electron chi connectivity index (χ1n) is 16.1. The van der Waals surface area contributed by atoms with Gasteiger partial charge in [-0.2, -0.15) is 10.00 Å². The number of hydrogen-bond acceptors (Lipinski definition) is 9.